The molecule has 1 aromatic rings. The molecule has 2 rings (SSSR count). The van der Waals surface area contributed by atoms with Crippen LogP contribution in [0.5, 0.6) is 0 Å². The van der Waals surface area contributed by atoms with Crippen LogP contribution in [0.3, 0.4) is 0 Å². The van der Waals surface area contributed by atoms with E-state index in [1.807, 2.05) is 6.07 Å². The molecule has 0 saturated carbocycles. The van der Waals surface area contributed by atoms with E-state index in [1.165, 1.54) is 5.69 Å². The number of nitrogens with one attached hydrogen (secondary N) is 1. The van der Waals surface area contributed by atoms with E-state index in [4.69, 9.17) is 11.6 Å². The lowest BCUT2D eigenvalue weighted by atomic mass is 10.2. The molecular formula is C8H11ClN2. The topological polar surface area (TPSA) is 17.0 Å². The van der Waals surface area contributed by atoms with Crippen LogP contribution in [0.2, 0.25) is 5.15 Å². The van der Waals surface area contributed by atoms with Gasteiger partial charge in [-0.25, -0.2) is 0 Å². The highest BCUT2D eigenvalue weighted by Crippen LogP contribution is 2.22. The zero-order valence-corrected chi connectivity index (χ0v) is 7.23. The minimum Gasteiger partial charge on any atom is -0.333 e. The maximum atomic E-state index is 5.96. The van der Waals surface area contributed by atoms with Crippen molar-refractivity contribution in [2.75, 3.05) is 6.54 Å². The molecule has 1 N–H and O–H groups in total. The molecule has 0 spiro atoms. The lowest BCUT2D eigenvalue weighted by Crippen LogP contribution is -2.31. The molecule has 11 heavy (non-hydrogen) atoms. The number of fused-ring (bicyclic) bond motifs is 1. The predicted octanol–water partition coefficient (Wildman–Crippen LogP) is 1.81. The van der Waals surface area contributed by atoms with Gasteiger partial charge in [-0.05, 0) is 19.1 Å². The van der Waals surface area contributed by atoms with Gasteiger partial charge < -0.3 is 9.88 Å². The Morgan fingerprint density at radius 1 is 1.64 bits per heavy atom. The summed E-state index contributed by atoms with van der Waals surface area (Å²) in [7, 11) is 0. The van der Waals surface area contributed by atoms with Crippen molar-refractivity contribution in [3.8, 4) is 0 Å². The van der Waals surface area contributed by atoms with E-state index in [1.54, 1.807) is 0 Å². The van der Waals surface area contributed by atoms with E-state index in [0.717, 1.165) is 18.2 Å². The van der Waals surface area contributed by atoms with Gasteiger partial charge in [0.05, 0.1) is 0 Å². The third-order valence-corrected chi connectivity index (χ3v) is 2.52. The molecule has 1 aromatic heterocycles. The Balaban J connectivity index is 2.46. The molecule has 0 saturated heterocycles. The molecular weight excluding hydrogens is 160 g/mol. The lowest BCUT2D eigenvalue weighted by molar-refractivity contribution is 0.449. The van der Waals surface area contributed by atoms with E-state index < -0.39 is 0 Å². The second kappa shape index (κ2) is 2.54. The molecule has 0 amide bonds. The quantitative estimate of drug-likeness (QED) is 0.629. The summed E-state index contributed by atoms with van der Waals surface area (Å²) in [5.41, 5.74) is 1.29. The van der Waals surface area contributed by atoms with Gasteiger partial charge in [0, 0.05) is 24.8 Å². The van der Waals surface area contributed by atoms with Crippen LogP contribution in [-0.4, -0.2) is 11.1 Å². The summed E-state index contributed by atoms with van der Waals surface area (Å²) in [6.07, 6.45) is 0. The lowest BCUT2D eigenvalue weighted by Gasteiger charge is -2.23. The SMILES string of the molecule is C[C@H]1NCCn2c(Cl)ccc21. The summed E-state index contributed by atoms with van der Waals surface area (Å²) < 4.78 is 2.16. The van der Waals surface area contributed by atoms with Crippen LogP contribution in [0.25, 0.3) is 0 Å². The number of nitrogens with zero attached hydrogens (tertiary/aromatic N) is 1. The Kier molecular flexibility index (Phi) is 1.66. The van der Waals surface area contributed by atoms with Crippen LogP contribution in [0.4, 0.5) is 0 Å². The van der Waals surface area contributed by atoms with Crippen molar-refractivity contribution in [1.82, 2.24) is 9.88 Å². The molecule has 0 radical (unpaired) electrons. The molecule has 0 bridgehead atoms. The van der Waals surface area contributed by atoms with Crippen LogP contribution in [0.15, 0.2) is 12.1 Å². The summed E-state index contributed by atoms with van der Waals surface area (Å²) in [5, 5.41) is 4.23. The predicted molar refractivity (Wildman–Crippen MR) is 45.9 cm³/mol. The molecule has 1 atom stereocenters. The van der Waals surface area contributed by atoms with Crippen molar-refractivity contribution in [1.29, 1.82) is 0 Å². The second-order valence-corrected chi connectivity index (χ2v) is 3.30. The van der Waals surface area contributed by atoms with Crippen molar-refractivity contribution in [3.63, 3.8) is 0 Å². The van der Waals surface area contributed by atoms with Gasteiger partial charge in [-0.2, -0.15) is 0 Å². The summed E-state index contributed by atoms with van der Waals surface area (Å²) in [6, 6.07) is 4.48. The van der Waals surface area contributed by atoms with Crippen LogP contribution in [0, 0.1) is 0 Å². The minimum atomic E-state index is 0.441. The highest BCUT2D eigenvalue weighted by molar-refractivity contribution is 6.29. The Morgan fingerprint density at radius 3 is 3.18 bits per heavy atom. The van der Waals surface area contributed by atoms with Gasteiger partial charge in [0.1, 0.15) is 5.15 Å². The van der Waals surface area contributed by atoms with E-state index >= 15 is 0 Å². The largest absolute Gasteiger partial charge is 0.333 e. The molecule has 0 aliphatic carbocycles. The average Bonchev–Trinajstić information content (AvgIpc) is 2.35. The number of hydrogen-bond acceptors (Lipinski definition) is 1. The van der Waals surface area contributed by atoms with E-state index in [9.17, 15) is 0 Å². The second-order valence-electron chi connectivity index (χ2n) is 2.91. The maximum absolute atomic E-state index is 5.96. The van der Waals surface area contributed by atoms with Gasteiger partial charge in [-0.1, -0.05) is 11.6 Å². The van der Waals surface area contributed by atoms with Gasteiger partial charge in [0.15, 0.2) is 0 Å². The maximum Gasteiger partial charge on any atom is 0.109 e. The summed E-state index contributed by atoms with van der Waals surface area (Å²) >= 11 is 5.96. The van der Waals surface area contributed by atoms with Crippen molar-refractivity contribution < 1.29 is 0 Å². The zero-order chi connectivity index (χ0) is 7.84. The monoisotopic (exact) mass is 170 g/mol. The summed E-state index contributed by atoms with van der Waals surface area (Å²) in [6.45, 7) is 4.16. The molecule has 3 heteroatoms. The van der Waals surface area contributed by atoms with Crippen molar-refractivity contribution in [2.24, 2.45) is 0 Å². The van der Waals surface area contributed by atoms with Crippen molar-refractivity contribution >= 4 is 11.6 Å². The minimum absolute atomic E-state index is 0.441. The van der Waals surface area contributed by atoms with Gasteiger partial charge in [-0.3, -0.25) is 0 Å². The molecule has 2 heterocycles. The van der Waals surface area contributed by atoms with Crippen molar-refractivity contribution in [3.05, 3.63) is 23.0 Å². The van der Waals surface area contributed by atoms with E-state index in [-0.39, 0.29) is 0 Å². The number of rotatable bonds is 0. The van der Waals surface area contributed by atoms with Crippen LogP contribution >= 0.6 is 11.6 Å². The average molecular weight is 171 g/mol. The fourth-order valence-corrected chi connectivity index (χ4v) is 1.81. The molecule has 60 valence electrons. The molecule has 1 aliphatic heterocycles. The first-order valence-corrected chi connectivity index (χ1v) is 4.25. The Bertz CT molecular complexity index is 267. The van der Waals surface area contributed by atoms with Gasteiger partial charge in [0.2, 0.25) is 0 Å². The first-order valence-electron chi connectivity index (χ1n) is 3.87. The Labute approximate surface area is 71.2 Å². The van der Waals surface area contributed by atoms with Gasteiger partial charge >= 0.3 is 0 Å². The van der Waals surface area contributed by atoms with Crippen LogP contribution in [-0.2, 0) is 6.54 Å². The first kappa shape index (κ1) is 7.19. The van der Waals surface area contributed by atoms with E-state index in [2.05, 4.69) is 22.9 Å². The molecule has 0 fully saturated rings. The number of halogens is 1. The van der Waals surface area contributed by atoms with Gasteiger partial charge in [0.25, 0.3) is 0 Å². The van der Waals surface area contributed by atoms with E-state index in [0.29, 0.717) is 6.04 Å². The smallest absolute Gasteiger partial charge is 0.109 e. The molecule has 1 aliphatic rings. The standard InChI is InChI=1S/C8H11ClN2/c1-6-7-2-3-8(9)11(7)5-4-10-6/h2-3,6,10H,4-5H2,1H3/t6-/m1/s1. The van der Waals surface area contributed by atoms with Crippen molar-refractivity contribution in [2.45, 2.75) is 19.5 Å². The Hall–Kier alpha value is -0.470. The van der Waals surface area contributed by atoms with Gasteiger partial charge in [-0.15, -0.1) is 0 Å². The highest BCUT2D eigenvalue weighted by Gasteiger charge is 2.16. The summed E-state index contributed by atoms with van der Waals surface area (Å²) in [4.78, 5) is 0. The third-order valence-electron chi connectivity index (χ3n) is 2.19. The Morgan fingerprint density at radius 2 is 2.45 bits per heavy atom. The molecule has 0 aromatic carbocycles. The van der Waals surface area contributed by atoms with Crippen LogP contribution < -0.4 is 5.32 Å². The normalized spacial score (nSPS) is 23.3. The van der Waals surface area contributed by atoms with Crippen LogP contribution in [0.1, 0.15) is 18.7 Å². The molecule has 2 nitrogen and oxygen atoms in total. The number of aromatic nitrogens is 1. The fourth-order valence-electron chi connectivity index (χ4n) is 1.57. The third kappa shape index (κ3) is 1.06. The zero-order valence-electron chi connectivity index (χ0n) is 6.47. The molecule has 0 unspecified atom stereocenters. The summed E-state index contributed by atoms with van der Waals surface area (Å²) in [5.74, 6) is 0. The highest BCUT2D eigenvalue weighted by atomic mass is 35.5. The number of hydrogen-bond donors (Lipinski definition) is 1. The fraction of sp³-hybridized carbons (Fsp3) is 0.500. The first-order chi connectivity index (χ1) is 5.29.